The van der Waals surface area contributed by atoms with Gasteiger partial charge in [-0.15, -0.1) is 0 Å². The molecule has 2 unspecified atom stereocenters. The molecule has 2 amide bonds. The Balaban J connectivity index is 1.90. The Kier molecular flexibility index (Phi) is 2.67. The minimum absolute atomic E-state index is 0.0491. The van der Waals surface area contributed by atoms with Gasteiger partial charge < -0.3 is 5.32 Å². The van der Waals surface area contributed by atoms with Crippen LogP contribution >= 0.6 is 0 Å². The highest BCUT2D eigenvalue weighted by Crippen LogP contribution is 2.35. The van der Waals surface area contributed by atoms with Crippen molar-refractivity contribution in [2.75, 3.05) is 0 Å². The third kappa shape index (κ3) is 1.73. The number of carbonyl (C=O) groups is 2. The second-order valence-electron chi connectivity index (χ2n) is 5.06. The van der Waals surface area contributed by atoms with Crippen LogP contribution in [0.1, 0.15) is 35.6 Å². The lowest BCUT2D eigenvalue weighted by Crippen LogP contribution is -2.44. The predicted molar refractivity (Wildman–Crippen MR) is 66.6 cm³/mol. The summed E-state index contributed by atoms with van der Waals surface area (Å²) in [5, 5.41) is 5.84. The summed E-state index contributed by atoms with van der Waals surface area (Å²) in [5.41, 5.74) is 3.77. The molecule has 18 heavy (non-hydrogen) atoms. The SMILES string of the molecule is Cc1cccc2c1CNC2C1CCC(=O)NC1=O. The fourth-order valence-electron chi connectivity index (χ4n) is 2.97. The van der Waals surface area contributed by atoms with Crippen molar-refractivity contribution in [1.82, 2.24) is 10.6 Å². The first-order valence-corrected chi connectivity index (χ1v) is 6.32. The standard InChI is InChI=1S/C14H16N2O2/c1-8-3-2-4-9-11(8)7-15-13(9)10-5-6-12(17)16-14(10)18/h2-4,10,13,15H,5-7H2,1H3,(H,16,17,18). The largest absolute Gasteiger partial charge is 0.305 e. The zero-order valence-corrected chi connectivity index (χ0v) is 10.3. The van der Waals surface area contributed by atoms with Crippen molar-refractivity contribution in [3.63, 3.8) is 0 Å². The molecular weight excluding hydrogens is 228 g/mol. The minimum atomic E-state index is -0.154. The summed E-state index contributed by atoms with van der Waals surface area (Å²) in [4.78, 5) is 23.1. The van der Waals surface area contributed by atoms with Crippen LogP contribution < -0.4 is 10.6 Å². The van der Waals surface area contributed by atoms with Gasteiger partial charge in [0.2, 0.25) is 11.8 Å². The molecule has 0 radical (unpaired) electrons. The number of aryl methyl sites for hydroxylation is 1. The number of benzene rings is 1. The van der Waals surface area contributed by atoms with E-state index in [1.54, 1.807) is 0 Å². The quantitative estimate of drug-likeness (QED) is 0.730. The van der Waals surface area contributed by atoms with Gasteiger partial charge in [-0.1, -0.05) is 18.2 Å². The highest BCUT2D eigenvalue weighted by Gasteiger charge is 2.37. The van der Waals surface area contributed by atoms with Gasteiger partial charge in [0.15, 0.2) is 0 Å². The van der Waals surface area contributed by atoms with Gasteiger partial charge in [-0.3, -0.25) is 14.9 Å². The van der Waals surface area contributed by atoms with Crippen molar-refractivity contribution in [1.29, 1.82) is 0 Å². The fraction of sp³-hybridized carbons (Fsp3) is 0.429. The number of nitrogens with one attached hydrogen (secondary N) is 2. The van der Waals surface area contributed by atoms with Crippen molar-refractivity contribution in [3.05, 3.63) is 34.9 Å². The summed E-state index contributed by atoms with van der Waals surface area (Å²) in [7, 11) is 0. The molecule has 2 N–H and O–H groups in total. The van der Waals surface area contributed by atoms with E-state index >= 15 is 0 Å². The Morgan fingerprint density at radius 2 is 2.11 bits per heavy atom. The van der Waals surface area contributed by atoms with Crippen LogP contribution in [0, 0.1) is 12.8 Å². The van der Waals surface area contributed by atoms with Crippen LogP contribution in [0.15, 0.2) is 18.2 Å². The number of piperidine rings is 1. The van der Waals surface area contributed by atoms with Crippen LogP contribution in [0.5, 0.6) is 0 Å². The normalized spacial score (nSPS) is 26.9. The topological polar surface area (TPSA) is 58.2 Å². The lowest BCUT2D eigenvalue weighted by atomic mass is 9.86. The maximum Gasteiger partial charge on any atom is 0.231 e. The fourth-order valence-corrected chi connectivity index (χ4v) is 2.97. The lowest BCUT2D eigenvalue weighted by molar-refractivity contribution is -0.137. The van der Waals surface area contributed by atoms with Crippen LogP contribution in [0.4, 0.5) is 0 Å². The molecule has 2 aliphatic rings. The molecule has 4 heteroatoms. The molecule has 0 spiro atoms. The lowest BCUT2D eigenvalue weighted by Gasteiger charge is -2.26. The van der Waals surface area contributed by atoms with E-state index < -0.39 is 0 Å². The predicted octanol–water partition coefficient (Wildman–Crippen LogP) is 1.19. The third-order valence-corrected chi connectivity index (χ3v) is 3.96. The molecule has 0 aliphatic carbocycles. The Bertz CT molecular complexity index is 525. The van der Waals surface area contributed by atoms with E-state index in [9.17, 15) is 9.59 Å². The number of rotatable bonds is 1. The highest BCUT2D eigenvalue weighted by molar-refractivity contribution is 5.99. The summed E-state index contributed by atoms with van der Waals surface area (Å²) < 4.78 is 0. The molecule has 2 atom stereocenters. The molecular formula is C14H16N2O2. The number of fused-ring (bicyclic) bond motifs is 1. The van der Waals surface area contributed by atoms with E-state index in [1.807, 2.05) is 6.07 Å². The van der Waals surface area contributed by atoms with Crippen LogP contribution in [-0.4, -0.2) is 11.8 Å². The molecule has 2 aliphatic heterocycles. The van der Waals surface area contributed by atoms with E-state index in [-0.39, 0.29) is 23.8 Å². The van der Waals surface area contributed by atoms with Crippen LogP contribution in [0.2, 0.25) is 0 Å². The summed E-state index contributed by atoms with van der Waals surface area (Å²) >= 11 is 0. The molecule has 1 fully saturated rings. The Morgan fingerprint density at radius 3 is 2.89 bits per heavy atom. The van der Waals surface area contributed by atoms with Gasteiger partial charge in [0.1, 0.15) is 0 Å². The number of hydrogen-bond acceptors (Lipinski definition) is 3. The molecule has 94 valence electrons. The van der Waals surface area contributed by atoms with Gasteiger partial charge in [0, 0.05) is 19.0 Å². The summed E-state index contributed by atoms with van der Waals surface area (Å²) in [6.45, 7) is 2.90. The van der Waals surface area contributed by atoms with Gasteiger partial charge in [-0.05, 0) is 30.0 Å². The zero-order chi connectivity index (χ0) is 12.7. The van der Waals surface area contributed by atoms with Crippen molar-refractivity contribution in [2.45, 2.75) is 32.4 Å². The first-order valence-electron chi connectivity index (χ1n) is 6.32. The van der Waals surface area contributed by atoms with Crippen LogP contribution in [0.25, 0.3) is 0 Å². The maximum absolute atomic E-state index is 11.9. The molecule has 1 aromatic rings. The van der Waals surface area contributed by atoms with Crippen LogP contribution in [-0.2, 0) is 16.1 Å². The van der Waals surface area contributed by atoms with Crippen molar-refractivity contribution in [3.8, 4) is 0 Å². The molecule has 0 aromatic heterocycles. The Hall–Kier alpha value is -1.68. The van der Waals surface area contributed by atoms with Gasteiger partial charge >= 0.3 is 0 Å². The monoisotopic (exact) mass is 244 g/mol. The van der Waals surface area contributed by atoms with Gasteiger partial charge in [-0.25, -0.2) is 0 Å². The summed E-state index contributed by atoms with van der Waals surface area (Å²) in [6, 6.07) is 6.25. The molecule has 1 saturated heterocycles. The third-order valence-electron chi connectivity index (χ3n) is 3.96. The Morgan fingerprint density at radius 1 is 1.28 bits per heavy atom. The van der Waals surface area contributed by atoms with E-state index in [0.717, 1.165) is 6.54 Å². The molecule has 4 nitrogen and oxygen atoms in total. The highest BCUT2D eigenvalue weighted by atomic mass is 16.2. The van der Waals surface area contributed by atoms with E-state index in [4.69, 9.17) is 0 Å². The van der Waals surface area contributed by atoms with Crippen molar-refractivity contribution >= 4 is 11.8 Å². The first-order chi connectivity index (χ1) is 8.66. The second-order valence-corrected chi connectivity index (χ2v) is 5.06. The summed E-state index contributed by atoms with van der Waals surface area (Å²) in [5.74, 6) is -0.428. The summed E-state index contributed by atoms with van der Waals surface area (Å²) in [6.07, 6.45) is 1.07. The van der Waals surface area contributed by atoms with E-state index in [0.29, 0.717) is 12.8 Å². The number of hydrogen-bond donors (Lipinski definition) is 2. The second kappa shape index (κ2) is 4.21. The van der Waals surface area contributed by atoms with E-state index in [2.05, 4.69) is 29.7 Å². The van der Waals surface area contributed by atoms with E-state index in [1.165, 1.54) is 16.7 Å². The van der Waals surface area contributed by atoms with Gasteiger partial charge in [0.25, 0.3) is 0 Å². The van der Waals surface area contributed by atoms with Crippen molar-refractivity contribution < 1.29 is 9.59 Å². The molecule has 3 rings (SSSR count). The molecule has 1 aromatic carbocycles. The van der Waals surface area contributed by atoms with Gasteiger partial charge in [0.05, 0.1) is 5.92 Å². The zero-order valence-electron chi connectivity index (χ0n) is 10.3. The smallest absolute Gasteiger partial charge is 0.231 e. The number of carbonyl (C=O) groups excluding carboxylic acids is 2. The average molecular weight is 244 g/mol. The Labute approximate surface area is 106 Å². The van der Waals surface area contributed by atoms with Crippen LogP contribution in [0.3, 0.4) is 0 Å². The van der Waals surface area contributed by atoms with Crippen molar-refractivity contribution in [2.24, 2.45) is 5.92 Å². The minimum Gasteiger partial charge on any atom is -0.305 e. The molecule has 2 heterocycles. The molecule has 0 bridgehead atoms. The number of amides is 2. The average Bonchev–Trinajstić information content (AvgIpc) is 2.74. The first kappa shape index (κ1) is 11.4. The number of imide groups is 1. The maximum atomic E-state index is 11.9. The molecule has 0 saturated carbocycles. The van der Waals surface area contributed by atoms with Gasteiger partial charge in [-0.2, -0.15) is 0 Å².